The summed E-state index contributed by atoms with van der Waals surface area (Å²) in [7, 11) is 0. The smallest absolute Gasteiger partial charge is 0.319 e. The highest BCUT2D eigenvalue weighted by Crippen LogP contribution is 2.51. The van der Waals surface area contributed by atoms with Crippen LogP contribution in [0, 0.1) is 28.8 Å². The number of carbonyl (C=O) groups is 2. The number of fused-ring (bicyclic) bond motifs is 2. The number of carboxylic acids is 1. The van der Waals surface area contributed by atoms with E-state index in [4.69, 9.17) is 5.73 Å². The Morgan fingerprint density at radius 3 is 2.21 bits per heavy atom. The molecule has 4 rings (SSSR count). The van der Waals surface area contributed by atoms with Gasteiger partial charge in [0.05, 0.1) is 0 Å². The number of carboxylic acid groups (broad SMARTS) is 1. The van der Waals surface area contributed by atoms with Crippen LogP contribution in [0.15, 0.2) is 12.1 Å². The Labute approximate surface area is 160 Å². The molecule has 1 saturated carbocycles. The Hall–Kier alpha value is -2.09. The van der Waals surface area contributed by atoms with E-state index in [1.165, 1.54) is 0 Å². The molecule has 0 radical (unpaired) electrons. The minimum absolute atomic E-state index is 0.00838. The van der Waals surface area contributed by atoms with Crippen LogP contribution in [-0.4, -0.2) is 40.0 Å². The zero-order valence-electron chi connectivity index (χ0n) is 15.3. The van der Waals surface area contributed by atoms with Gasteiger partial charge in [-0.15, -0.1) is 0 Å². The number of hydrogen-bond donors (Lipinski definition) is 2. The van der Waals surface area contributed by atoms with Crippen LogP contribution in [0.4, 0.5) is 13.2 Å². The van der Waals surface area contributed by atoms with E-state index in [0.717, 1.165) is 18.9 Å². The first kappa shape index (κ1) is 19.2. The van der Waals surface area contributed by atoms with Gasteiger partial charge in [-0.3, -0.25) is 9.59 Å². The second kappa shape index (κ2) is 6.76. The van der Waals surface area contributed by atoms with Gasteiger partial charge in [-0.25, -0.2) is 13.2 Å². The summed E-state index contributed by atoms with van der Waals surface area (Å²) in [5.74, 6) is -4.48. The van der Waals surface area contributed by atoms with E-state index in [1.54, 1.807) is 4.90 Å². The van der Waals surface area contributed by atoms with Crippen molar-refractivity contribution in [2.75, 3.05) is 0 Å². The second-order valence-electron chi connectivity index (χ2n) is 8.44. The van der Waals surface area contributed by atoms with Gasteiger partial charge in [-0.05, 0) is 62.5 Å². The largest absolute Gasteiger partial charge is 0.480 e. The Morgan fingerprint density at radius 2 is 1.68 bits per heavy atom. The maximum Gasteiger partial charge on any atom is 0.319 e. The van der Waals surface area contributed by atoms with E-state index in [1.807, 2.05) is 0 Å². The molecule has 152 valence electrons. The van der Waals surface area contributed by atoms with Gasteiger partial charge in [0.1, 0.15) is 11.2 Å². The predicted molar refractivity (Wildman–Crippen MR) is 93.7 cm³/mol. The molecule has 3 fully saturated rings. The highest BCUT2D eigenvalue weighted by atomic mass is 19.2. The molecule has 0 aromatic heterocycles. The summed E-state index contributed by atoms with van der Waals surface area (Å²) >= 11 is 0. The highest BCUT2D eigenvalue weighted by Gasteiger charge is 2.61. The van der Waals surface area contributed by atoms with Crippen LogP contribution in [0.25, 0.3) is 0 Å². The topological polar surface area (TPSA) is 83.6 Å². The summed E-state index contributed by atoms with van der Waals surface area (Å²) in [6.07, 6.45) is 3.68. The standard InChI is InChI=1S/C20H23F3N2O3/c21-14-9-16(23)15(22)7-10(14)8-17(24)11-5-12-1-2-13(6-11)25(12)18(26)20(3-4-20)19(27)28/h7,9,11-13,17H,1-6,8,24H2,(H,27,28)/t11-,12-,13+,17-/m1/s1. The molecule has 2 heterocycles. The third-order valence-corrected chi connectivity index (χ3v) is 6.72. The number of amides is 1. The maximum absolute atomic E-state index is 13.9. The lowest BCUT2D eigenvalue weighted by Gasteiger charge is -2.42. The predicted octanol–water partition coefficient (Wildman–Crippen LogP) is 2.61. The molecule has 3 aliphatic rings. The van der Waals surface area contributed by atoms with E-state index < -0.39 is 34.9 Å². The fourth-order valence-corrected chi connectivity index (χ4v) is 4.93. The molecule has 28 heavy (non-hydrogen) atoms. The van der Waals surface area contributed by atoms with Gasteiger partial charge in [-0.2, -0.15) is 0 Å². The van der Waals surface area contributed by atoms with Gasteiger partial charge >= 0.3 is 5.97 Å². The number of halogens is 3. The third-order valence-electron chi connectivity index (χ3n) is 6.72. The van der Waals surface area contributed by atoms with Crippen molar-refractivity contribution >= 4 is 11.9 Å². The van der Waals surface area contributed by atoms with E-state index in [-0.39, 0.29) is 35.9 Å². The molecule has 1 aliphatic carbocycles. The molecular formula is C20H23F3N2O3. The van der Waals surface area contributed by atoms with Gasteiger partial charge in [0.15, 0.2) is 11.6 Å². The number of aliphatic carboxylic acids is 1. The van der Waals surface area contributed by atoms with Crippen molar-refractivity contribution in [2.45, 2.75) is 63.1 Å². The lowest BCUT2D eigenvalue weighted by atomic mass is 9.82. The molecule has 8 heteroatoms. The first-order valence-corrected chi connectivity index (χ1v) is 9.68. The van der Waals surface area contributed by atoms with Crippen molar-refractivity contribution in [2.24, 2.45) is 17.1 Å². The zero-order chi connectivity index (χ0) is 20.2. The zero-order valence-corrected chi connectivity index (χ0v) is 15.3. The first-order valence-electron chi connectivity index (χ1n) is 9.68. The maximum atomic E-state index is 13.9. The number of nitrogens with two attached hydrogens (primary N) is 1. The number of nitrogens with zero attached hydrogens (tertiary/aromatic N) is 1. The number of hydrogen-bond acceptors (Lipinski definition) is 3. The minimum atomic E-state index is -1.25. The molecule has 0 unspecified atom stereocenters. The third kappa shape index (κ3) is 3.07. The second-order valence-corrected chi connectivity index (χ2v) is 8.44. The fraction of sp³-hybridized carbons (Fsp3) is 0.600. The van der Waals surface area contributed by atoms with Gasteiger partial charge in [0.2, 0.25) is 5.91 Å². The summed E-state index contributed by atoms with van der Waals surface area (Å²) < 4.78 is 40.5. The van der Waals surface area contributed by atoms with Crippen molar-refractivity contribution in [3.05, 3.63) is 35.1 Å². The van der Waals surface area contributed by atoms with Gasteiger partial charge < -0.3 is 15.7 Å². The Morgan fingerprint density at radius 1 is 1.11 bits per heavy atom. The van der Waals surface area contributed by atoms with Crippen molar-refractivity contribution in [1.82, 2.24) is 4.90 Å². The molecule has 5 nitrogen and oxygen atoms in total. The van der Waals surface area contributed by atoms with Gasteiger partial charge in [0, 0.05) is 24.2 Å². The molecule has 2 bridgehead atoms. The van der Waals surface area contributed by atoms with Crippen LogP contribution >= 0.6 is 0 Å². The molecule has 1 aromatic rings. The lowest BCUT2D eigenvalue weighted by Crippen LogP contribution is -2.53. The van der Waals surface area contributed by atoms with Crippen molar-refractivity contribution in [3.8, 4) is 0 Å². The molecule has 4 atom stereocenters. The van der Waals surface area contributed by atoms with E-state index in [2.05, 4.69) is 0 Å². The van der Waals surface area contributed by atoms with Crippen molar-refractivity contribution in [1.29, 1.82) is 0 Å². The van der Waals surface area contributed by atoms with Crippen LogP contribution < -0.4 is 5.73 Å². The van der Waals surface area contributed by atoms with Crippen LogP contribution in [0.5, 0.6) is 0 Å². The summed E-state index contributed by atoms with van der Waals surface area (Å²) in [5.41, 5.74) is 5.07. The molecule has 1 aromatic carbocycles. The van der Waals surface area contributed by atoms with Gasteiger partial charge in [0.25, 0.3) is 0 Å². The molecular weight excluding hydrogens is 373 g/mol. The fourth-order valence-electron chi connectivity index (χ4n) is 4.93. The first-order chi connectivity index (χ1) is 13.2. The van der Waals surface area contributed by atoms with Crippen LogP contribution in [0.2, 0.25) is 0 Å². The normalized spacial score (nSPS) is 28.9. The van der Waals surface area contributed by atoms with Crippen LogP contribution in [0.1, 0.15) is 44.1 Å². The average Bonchev–Trinajstić information content (AvgIpc) is 3.41. The molecule has 1 amide bonds. The van der Waals surface area contributed by atoms with Crippen molar-refractivity contribution < 1.29 is 27.9 Å². The van der Waals surface area contributed by atoms with Crippen LogP contribution in [-0.2, 0) is 16.0 Å². The summed E-state index contributed by atoms with van der Waals surface area (Å²) in [5, 5.41) is 9.41. The van der Waals surface area contributed by atoms with Crippen LogP contribution in [0.3, 0.4) is 0 Å². The number of benzene rings is 1. The Kier molecular flexibility index (Phi) is 4.64. The summed E-state index contributed by atoms with van der Waals surface area (Å²) in [6.45, 7) is 0. The lowest BCUT2D eigenvalue weighted by molar-refractivity contribution is -0.156. The molecule has 3 N–H and O–H groups in total. The molecule has 2 aliphatic heterocycles. The van der Waals surface area contributed by atoms with Crippen molar-refractivity contribution in [3.63, 3.8) is 0 Å². The monoisotopic (exact) mass is 396 g/mol. The molecule has 0 spiro atoms. The SMILES string of the molecule is N[C@H](Cc1cc(F)c(F)cc1F)[C@@H]1C[C@H]2CC[C@@H](C1)N2C(=O)C1(C(=O)O)CC1. The summed E-state index contributed by atoms with van der Waals surface area (Å²) in [6, 6.07) is 0.808. The summed E-state index contributed by atoms with van der Waals surface area (Å²) in [4.78, 5) is 26.1. The van der Waals surface area contributed by atoms with E-state index in [0.29, 0.717) is 31.7 Å². The van der Waals surface area contributed by atoms with E-state index in [9.17, 15) is 27.9 Å². The van der Waals surface area contributed by atoms with Gasteiger partial charge in [-0.1, -0.05) is 0 Å². The number of piperidine rings is 1. The number of rotatable bonds is 5. The average molecular weight is 396 g/mol. The highest BCUT2D eigenvalue weighted by molar-refractivity contribution is 6.05. The minimum Gasteiger partial charge on any atom is -0.480 e. The number of carbonyl (C=O) groups excluding carboxylic acids is 1. The Bertz CT molecular complexity index is 813. The Balaban J connectivity index is 1.45. The van der Waals surface area contributed by atoms with E-state index >= 15 is 0 Å². The quantitative estimate of drug-likeness (QED) is 0.592. The molecule has 2 saturated heterocycles.